The number of carbonyl (C=O) groups is 1. The SMILES string of the molecule is CC[C@@H]1CN(c2cc(C3CC3)c3c(c2C#N)CC(C)(C)OC3)CCN1C(=O)c1ccsc1. The molecule has 2 aliphatic heterocycles. The lowest BCUT2D eigenvalue weighted by Crippen LogP contribution is -2.55. The van der Waals surface area contributed by atoms with Crippen LogP contribution in [-0.4, -0.2) is 42.1 Å². The molecule has 6 heteroatoms. The van der Waals surface area contributed by atoms with Crippen LogP contribution in [0.3, 0.4) is 0 Å². The van der Waals surface area contributed by atoms with Crippen molar-refractivity contribution in [3.05, 3.63) is 50.7 Å². The van der Waals surface area contributed by atoms with Crippen molar-refractivity contribution < 1.29 is 9.53 Å². The highest BCUT2D eigenvalue weighted by Crippen LogP contribution is 2.47. The lowest BCUT2D eigenvalue weighted by molar-refractivity contribution is -0.0405. The van der Waals surface area contributed by atoms with Gasteiger partial charge >= 0.3 is 0 Å². The molecule has 1 aromatic heterocycles. The fourth-order valence-electron chi connectivity index (χ4n) is 5.27. The molecule has 1 amide bonds. The Bertz CT molecular complexity index is 1070. The number of benzene rings is 1. The van der Waals surface area contributed by atoms with Gasteiger partial charge in [0.15, 0.2) is 0 Å². The quantitative estimate of drug-likeness (QED) is 0.652. The van der Waals surface area contributed by atoms with Crippen LogP contribution >= 0.6 is 11.3 Å². The number of ether oxygens (including phenoxy) is 1. The van der Waals surface area contributed by atoms with Gasteiger partial charge in [-0.25, -0.2) is 0 Å². The first-order chi connectivity index (χ1) is 15.4. The molecule has 3 aliphatic rings. The number of anilines is 1. The Labute approximate surface area is 194 Å². The van der Waals surface area contributed by atoms with E-state index in [2.05, 4.69) is 37.8 Å². The molecule has 1 aliphatic carbocycles. The van der Waals surface area contributed by atoms with Crippen molar-refractivity contribution >= 4 is 22.9 Å². The summed E-state index contributed by atoms with van der Waals surface area (Å²) in [5.74, 6) is 0.727. The minimum absolute atomic E-state index is 0.126. The van der Waals surface area contributed by atoms with E-state index in [0.717, 1.165) is 42.7 Å². The van der Waals surface area contributed by atoms with Crippen molar-refractivity contribution in [2.75, 3.05) is 24.5 Å². The van der Waals surface area contributed by atoms with E-state index in [1.165, 1.54) is 29.5 Å². The van der Waals surface area contributed by atoms with Gasteiger partial charge in [0, 0.05) is 37.5 Å². The van der Waals surface area contributed by atoms with Crippen LogP contribution in [0.5, 0.6) is 0 Å². The van der Waals surface area contributed by atoms with E-state index in [1.807, 2.05) is 21.7 Å². The summed E-state index contributed by atoms with van der Waals surface area (Å²) in [5, 5.41) is 14.1. The average molecular weight is 450 g/mol. The summed E-state index contributed by atoms with van der Waals surface area (Å²) in [7, 11) is 0. The number of thiophene rings is 1. The fourth-order valence-corrected chi connectivity index (χ4v) is 5.90. The fraction of sp³-hybridized carbons (Fsp3) is 0.538. The van der Waals surface area contributed by atoms with Gasteiger partial charge in [0.05, 0.1) is 29.0 Å². The average Bonchev–Trinajstić information content (AvgIpc) is 3.49. The van der Waals surface area contributed by atoms with Gasteiger partial charge < -0.3 is 14.5 Å². The molecular formula is C26H31N3O2S. The smallest absolute Gasteiger partial charge is 0.255 e. The number of amides is 1. The summed E-state index contributed by atoms with van der Waals surface area (Å²) < 4.78 is 6.14. The predicted molar refractivity (Wildman–Crippen MR) is 127 cm³/mol. The van der Waals surface area contributed by atoms with E-state index in [9.17, 15) is 10.1 Å². The number of nitrogens with zero attached hydrogens (tertiary/aromatic N) is 3. The third kappa shape index (κ3) is 3.82. The van der Waals surface area contributed by atoms with Crippen molar-refractivity contribution in [2.45, 2.75) is 70.6 Å². The number of nitriles is 1. The van der Waals surface area contributed by atoms with Gasteiger partial charge in [0.2, 0.25) is 0 Å². The molecule has 1 atom stereocenters. The summed E-state index contributed by atoms with van der Waals surface area (Å²) in [4.78, 5) is 17.4. The van der Waals surface area contributed by atoms with Crippen LogP contribution in [-0.2, 0) is 17.8 Å². The molecule has 3 heterocycles. The minimum Gasteiger partial charge on any atom is -0.371 e. The molecule has 1 saturated carbocycles. The summed E-state index contributed by atoms with van der Waals surface area (Å²) in [5.41, 5.74) is 6.23. The molecule has 0 radical (unpaired) electrons. The second-order valence-electron chi connectivity index (χ2n) is 9.95. The molecule has 5 nitrogen and oxygen atoms in total. The Balaban J connectivity index is 1.49. The predicted octanol–water partition coefficient (Wildman–Crippen LogP) is 5.09. The summed E-state index contributed by atoms with van der Waals surface area (Å²) >= 11 is 1.56. The third-order valence-corrected chi connectivity index (χ3v) is 7.91. The van der Waals surface area contributed by atoms with Crippen LogP contribution in [0.1, 0.15) is 78.6 Å². The van der Waals surface area contributed by atoms with Gasteiger partial charge in [-0.05, 0) is 73.2 Å². The van der Waals surface area contributed by atoms with Crippen molar-refractivity contribution in [1.29, 1.82) is 5.26 Å². The molecule has 168 valence electrons. The zero-order valence-corrected chi connectivity index (χ0v) is 20.0. The van der Waals surface area contributed by atoms with Gasteiger partial charge in [-0.1, -0.05) is 6.92 Å². The molecule has 5 rings (SSSR count). The standard InChI is InChI=1S/C26H31N3O2S/c1-4-19-14-28(8-9-29(19)25(30)18-7-10-32-16-18)24-11-20(17-5-6-17)23-15-31-26(2,3)12-21(23)22(24)13-27/h7,10-11,16-17,19H,4-6,8-9,12,14-15H2,1-3H3/t19-/m1/s1. The van der Waals surface area contributed by atoms with Gasteiger partial charge in [0.25, 0.3) is 5.91 Å². The molecule has 0 spiro atoms. The highest BCUT2D eigenvalue weighted by atomic mass is 32.1. The van der Waals surface area contributed by atoms with Gasteiger partial charge in [-0.3, -0.25) is 4.79 Å². The molecule has 0 unspecified atom stereocenters. The van der Waals surface area contributed by atoms with E-state index < -0.39 is 0 Å². The van der Waals surface area contributed by atoms with E-state index >= 15 is 0 Å². The van der Waals surface area contributed by atoms with Crippen molar-refractivity contribution in [3.63, 3.8) is 0 Å². The van der Waals surface area contributed by atoms with Crippen LogP contribution < -0.4 is 4.90 Å². The summed E-state index contributed by atoms with van der Waals surface area (Å²) in [6.45, 7) is 9.18. The highest BCUT2D eigenvalue weighted by molar-refractivity contribution is 7.08. The van der Waals surface area contributed by atoms with Crippen LogP contribution in [0.15, 0.2) is 22.9 Å². The highest BCUT2D eigenvalue weighted by Gasteiger charge is 2.37. The van der Waals surface area contributed by atoms with E-state index in [1.54, 1.807) is 11.3 Å². The normalized spacial score (nSPS) is 22.4. The maximum absolute atomic E-state index is 13.1. The Kier molecular flexibility index (Phi) is 5.51. The van der Waals surface area contributed by atoms with Gasteiger partial charge in [-0.15, -0.1) is 0 Å². The number of rotatable bonds is 4. The van der Waals surface area contributed by atoms with Crippen molar-refractivity contribution in [3.8, 4) is 6.07 Å². The first-order valence-electron chi connectivity index (χ1n) is 11.7. The van der Waals surface area contributed by atoms with Gasteiger partial charge in [-0.2, -0.15) is 16.6 Å². The Hall–Kier alpha value is -2.36. The Morgan fingerprint density at radius 2 is 2.12 bits per heavy atom. The molecule has 2 aromatic rings. The molecule has 0 N–H and O–H groups in total. The van der Waals surface area contributed by atoms with Crippen molar-refractivity contribution in [2.24, 2.45) is 0 Å². The third-order valence-electron chi connectivity index (χ3n) is 7.23. The number of hydrogen-bond donors (Lipinski definition) is 0. The Morgan fingerprint density at radius 1 is 1.31 bits per heavy atom. The number of fused-ring (bicyclic) bond motifs is 1. The largest absolute Gasteiger partial charge is 0.371 e. The topological polar surface area (TPSA) is 56.6 Å². The molecule has 2 fully saturated rings. The number of piperazine rings is 1. The molecule has 32 heavy (non-hydrogen) atoms. The van der Waals surface area contributed by atoms with E-state index in [0.29, 0.717) is 19.1 Å². The lowest BCUT2D eigenvalue weighted by Gasteiger charge is -2.43. The number of hydrogen-bond acceptors (Lipinski definition) is 5. The zero-order valence-electron chi connectivity index (χ0n) is 19.2. The van der Waals surface area contributed by atoms with Crippen LogP contribution in [0.2, 0.25) is 0 Å². The number of carbonyl (C=O) groups excluding carboxylic acids is 1. The minimum atomic E-state index is -0.254. The van der Waals surface area contributed by atoms with Crippen molar-refractivity contribution in [1.82, 2.24) is 4.90 Å². The Morgan fingerprint density at radius 3 is 2.78 bits per heavy atom. The monoisotopic (exact) mass is 449 g/mol. The molecule has 1 saturated heterocycles. The maximum Gasteiger partial charge on any atom is 0.255 e. The van der Waals surface area contributed by atoms with E-state index in [4.69, 9.17) is 4.74 Å². The van der Waals surface area contributed by atoms with E-state index in [-0.39, 0.29) is 17.6 Å². The molecule has 1 aromatic carbocycles. The van der Waals surface area contributed by atoms with Crippen LogP contribution in [0.4, 0.5) is 5.69 Å². The first-order valence-corrected chi connectivity index (χ1v) is 12.7. The van der Waals surface area contributed by atoms with Crippen LogP contribution in [0, 0.1) is 11.3 Å². The second-order valence-corrected chi connectivity index (χ2v) is 10.7. The first kappa shape index (κ1) is 21.5. The van der Waals surface area contributed by atoms with Gasteiger partial charge in [0.1, 0.15) is 6.07 Å². The summed E-state index contributed by atoms with van der Waals surface area (Å²) in [6, 6.07) is 6.89. The molecule has 0 bridgehead atoms. The molecular weight excluding hydrogens is 418 g/mol. The zero-order chi connectivity index (χ0) is 22.5. The van der Waals surface area contributed by atoms with Crippen LogP contribution in [0.25, 0.3) is 0 Å². The lowest BCUT2D eigenvalue weighted by atomic mass is 9.84. The second kappa shape index (κ2) is 8.20. The summed E-state index contributed by atoms with van der Waals surface area (Å²) in [6.07, 6.45) is 4.12. The maximum atomic E-state index is 13.1.